The Labute approximate surface area is 168 Å². The van der Waals surface area contributed by atoms with Crippen LogP contribution in [0.25, 0.3) is 0 Å². The Hall–Kier alpha value is -3.99. The van der Waals surface area contributed by atoms with Gasteiger partial charge >= 0.3 is 11.9 Å². The van der Waals surface area contributed by atoms with Gasteiger partial charge in [-0.05, 0) is 5.56 Å². The molecule has 8 heteroatoms. The Bertz CT molecular complexity index is 948. The van der Waals surface area contributed by atoms with Gasteiger partial charge in [0.1, 0.15) is 18.4 Å². The van der Waals surface area contributed by atoms with Crippen LogP contribution in [0, 0.1) is 11.3 Å². The summed E-state index contributed by atoms with van der Waals surface area (Å²) in [5, 5.41) is 12.2. The van der Waals surface area contributed by atoms with Crippen molar-refractivity contribution in [2.75, 3.05) is 26.6 Å². The molecule has 0 bridgehead atoms. The summed E-state index contributed by atoms with van der Waals surface area (Å²) in [7, 11) is 3.80. The number of hydrogen-bond donors (Lipinski definition) is 1. The van der Waals surface area contributed by atoms with Gasteiger partial charge in [-0.1, -0.05) is 30.3 Å². The van der Waals surface area contributed by atoms with E-state index in [-0.39, 0.29) is 23.6 Å². The molecule has 0 radical (unpaired) electrons. The molecule has 8 nitrogen and oxygen atoms in total. The van der Waals surface area contributed by atoms with Crippen LogP contribution in [0.3, 0.4) is 0 Å². The molecule has 2 aromatic rings. The van der Waals surface area contributed by atoms with Crippen molar-refractivity contribution >= 4 is 17.6 Å². The number of anilines is 1. The molecule has 0 aliphatic carbocycles. The molecule has 0 fully saturated rings. The SMILES string of the molecule is COC(=O)/C=C(/Nc1cc(OCc2ccccc2)c(OC)cc1C#N)C(=O)OC. The molecule has 0 saturated carbocycles. The topological polar surface area (TPSA) is 107 Å². The minimum absolute atomic E-state index is 0.175. The number of methoxy groups -OCH3 is 3. The van der Waals surface area contributed by atoms with Gasteiger partial charge in [0.05, 0.1) is 38.7 Å². The molecule has 2 aromatic carbocycles. The number of nitriles is 1. The highest BCUT2D eigenvalue weighted by atomic mass is 16.5. The Balaban J connectivity index is 2.39. The molecule has 0 spiro atoms. The van der Waals surface area contributed by atoms with E-state index >= 15 is 0 Å². The van der Waals surface area contributed by atoms with Crippen LogP contribution in [0.5, 0.6) is 11.5 Å². The van der Waals surface area contributed by atoms with Crippen molar-refractivity contribution in [2.24, 2.45) is 0 Å². The molecule has 0 aliphatic heterocycles. The second-order valence-corrected chi connectivity index (χ2v) is 5.63. The summed E-state index contributed by atoms with van der Waals surface area (Å²) in [5.74, 6) is -0.868. The highest BCUT2D eigenvalue weighted by Gasteiger charge is 2.18. The zero-order valence-corrected chi connectivity index (χ0v) is 16.2. The average Bonchev–Trinajstić information content (AvgIpc) is 2.77. The summed E-state index contributed by atoms with van der Waals surface area (Å²) in [5.41, 5.74) is 1.15. The lowest BCUT2D eigenvalue weighted by Crippen LogP contribution is -2.16. The van der Waals surface area contributed by atoms with Crippen molar-refractivity contribution in [1.29, 1.82) is 5.26 Å². The summed E-state index contributed by atoms with van der Waals surface area (Å²) in [6.07, 6.45) is 0.932. The van der Waals surface area contributed by atoms with Crippen molar-refractivity contribution in [3.05, 3.63) is 65.4 Å². The third-order valence-electron chi connectivity index (χ3n) is 3.80. The average molecular weight is 396 g/mol. The smallest absolute Gasteiger partial charge is 0.354 e. The fraction of sp³-hybridized carbons (Fsp3) is 0.190. The van der Waals surface area contributed by atoms with Crippen LogP contribution in [0.1, 0.15) is 11.1 Å². The normalized spacial score (nSPS) is 10.5. The molecule has 0 atom stereocenters. The highest BCUT2D eigenvalue weighted by Crippen LogP contribution is 2.34. The van der Waals surface area contributed by atoms with E-state index in [0.717, 1.165) is 11.6 Å². The van der Waals surface area contributed by atoms with Gasteiger partial charge in [-0.3, -0.25) is 0 Å². The van der Waals surface area contributed by atoms with Gasteiger partial charge in [0.15, 0.2) is 11.5 Å². The van der Waals surface area contributed by atoms with Crippen molar-refractivity contribution in [3.8, 4) is 17.6 Å². The van der Waals surface area contributed by atoms with Gasteiger partial charge in [0.25, 0.3) is 0 Å². The van der Waals surface area contributed by atoms with E-state index in [1.807, 2.05) is 36.4 Å². The fourth-order valence-electron chi connectivity index (χ4n) is 2.34. The predicted octanol–water partition coefficient (Wildman–Crippen LogP) is 2.79. The first kappa shape index (κ1) is 21.3. The lowest BCUT2D eigenvalue weighted by Gasteiger charge is -2.15. The lowest BCUT2D eigenvalue weighted by atomic mass is 10.1. The van der Waals surface area contributed by atoms with Gasteiger partial charge in [0, 0.05) is 12.1 Å². The summed E-state index contributed by atoms with van der Waals surface area (Å²) in [6.45, 7) is 0.268. The maximum atomic E-state index is 12.0. The van der Waals surface area contributed by atoms with Gasteiger partial charge in [-0.15, -0.1) is 0 Å². The minimum Gasteiger partial charge on any atom is -0.493 e. The van der Waals surface area contributed by atoms with Crippen molar-refractivity contribution in [3.63, 3.8) is 0 Å². The fourth-order valence-corrected chi connectivity index (χ4v) is 2.34. The maximum Gasteiger partial charge on any atom is 0.354 e. The van der Waals surface area contributed by atoms with Crippen LogP contribution < -0.4 is 14.8 Å². The Morgan fingerprint density at radius 2 is 1.79 bits per heavy atom. The van der Waals surface area contributed by atoms with E-state index in [1.54, 1.807) is 0 Å². The lowest BCUT2D eigenvalue weighted by molar-refractivity contribution is -0.138. The minimum atomic E-state index is -0.804. The molecule has 0 aromatic heterocycles. The number of esters is 2. The molecule has 0 heterocycles. The van der Waals surface area contributed by atoms with Crippen LogP contribution >= 0.6 is 0 Å². The van der Waals surface area contributed by atoms with Crippen molar-refractivity contribution < 1.29 is 28.5 Å². The first-order valence-corrected chi connectivity index (χ1v) is 8.46. The van der Waals surface area contributed by atoms with E-state index in [2.05, 4.69) is 14.8 Å². The first-order valence-electron chi connectivity index (χ1n) is 8.46. The maximum absolute atomic E-state index is 12.0. The Morgan fingerprint density at radius 3 is 2.38 bits per heavy atom. The number of benzene rings is 2. The number of ether oxygens (including phenoxy) is 4. The van der Waals surface area contributed by atoms with Crippen LogP contribution in [0.4, 0.5) is 5.69 Å². The first-order chi connectivity index (χ1) is 14.0. The van der Waals surface area contributed by atoms with Gasteiger partial charge < -0.3 is 24.3 Å². The van der Waals surface area contributed by atoms with E-state index in [0.29, 0.717) is 11.5 Å². The predicted molar refractivity (Wildman–Crippen MR) is 104 cm³/mol. The summed E-state index contributed by atoms with van der Waals surface area (Å²) < 4.78 is 20.3. The summed E-state index contributed by atoms with van der Waals surface area (Å²) >= 11 is 0. The molecule has 0 amide bonds. The number of nitrogens with zero attached hydrogens (tertiary/aromatic N) is 1. The third kappa shape index (κ3) is 5.74. The van der Waals surface area contributed by atoms with Crippen LogP contribution in [0.15, 0.2) is 54.2 Å². The standard InChI is InChI=1S/C21H20N2O6/c1-26-18-9-15(12-22)16(23-17(21(25)28-3)11-20(24)27-2)10-19(18)29-13-14-7-5-4-6-8-14/h4-11,23H,13H2,1-3H3/b17-11+. The second kappa shape index (κ2) is 10.4. The van der Waals surface area contributed by atoms with Crippen molar-refractivity contribution in [1.82, 2.24) is 0 Å². The summed E-state index contributed by atoms with van der Waals surface area (Å²) in [6, 6.07) is 14.5. The quantitative estimate of drug-likeness (QED) is 0.536. The van der Waals surface area contributed by atoms with E-state index in [1.165, 1.54) is 33.5 Å². The Kier molecular flexibility index (Phi) is 7.62. The molecule has 0 aliphatic rings. The molecule has 1 N–H and O–H groups in total. The monoisotopic (exact) mass is 396 g/mol. The Morgan fingerprint density at radius 1 is 1.07 bits per heavy atom. The highest BCUT2D eigenvalue weighted by molar-refractivity contribution is 5.99. The molecular formula is C21H20N2O6. The number of rotatable bonds is 8. The van der Waals surface area contributed by atoms with Crippen LogP contribution in [-0.4, -0.2) is 33.3 Å². The van der Waals surface area contributed by atoms with E-state index in [9.17, 15) is 14.9 Å². The van der Waals surface area contributed by atoms with Gasteiger partial charge in [0.2, 0.25) is 0 Å². The van der Waals surface area contributed by atoms with E-state index in [4.69, 9.17) is 9.47 Å². The van der Waals surface area contributed by atoms with Crippen LogP contribution in [-0.2, 0) is 25.7 Å². The molecule has 2 rings (SSSR count). The van der Waals surface area contributed by atoms with Gasteiger partial charge in [-0.25, -0.2) is 9.59 Å². The number of hydrogen-bond acceptors (Lipinski definition) is 8. The zero-order chi connectivity index (χ0) is 21.2. The largest absolute Gasteiger partial charge is 0.493 e. The number of carbonyl (C=O) groups excluding carboxylic acids is 2. The summed E-state index contributed by atoms with van der Waals surface area (Å²) in [4.78, 5) is 23.5. The molecule has 0 saturated heterocycles. The molecule has 150 valence electrons. The van der Waals surface area contributed by atoms with Crippen molar-refractivity contribution in [2.45, 2.75) is 6.61 Å². The number of nitrogens with one attached hydrogen (secondary N) is 1. The zero-order valence-electron chi connectivity index (χ0n) is 16.2. The second-order valence-electron chi connectivity index (χ2n) is 5.63. The molecular weight excluding hydrogens is 376 g/mol. The molecule has 0 unspecified atom stereocenters. The van der Waals surface area contributed by atoms with Crippen LogP contribution in [0.2, 0.25) is 0 Å². The third-order valence-corrected chi connectivity index (χ3v) is 3.80. The van der Waals surface area contributed by atoms with Gasteiger partial charge in [-0.2, -0.15) is 5.26 Å². The molecule has 29 heavy (non-hydrogen) atoms. The van der Waals surface area contributed by atoms with E-state index < -0.39 is 11.9 Å². The number of carbonyl (C=O) groups is 2.